The van der Waals surface area contributed by atoms with E-state index >= 15 is 0 Å². The van der Waals surface area contributed by atoms with Gasteiger partial charge in [0.15, 0.2) is 11.6 Å². The van der Waals surface area contributed by atoms with Gasteiger partial charge in [-0.05, 0) is 32.7 Å². The van der Waals surface area contributed by atoms with Crippen LogP contribution in [0.3, 0.4) is 0 Å². The number of allylic oxidation sites excluding steroid dienone is 1. The zero-order valence-corrected chi connectivity index (χ0v) is 11.1. The number of ketones is 2. The van der Waals surface area contributed by atoms with E-state index in [9.17, 15) is 9.59 Å². The van der Waals surface area contributed by atoms with Crippen molar-refractivity contribution in [3.63, 3.8) is 0 Å². The number of hydrogen-bond acceptors (Lipinski definition) is 3. The molecule has 96 valence electrons. The number of carbonyl (C=O) groups excluding carboxylic acids is 2. The lowest BCUT2D eigenvalue weighted by atomic mass is 10.0. The van der Waals surface area contributed by atoms with E-state index in [1.807, 2.05) is 49.3 Å². The maximum absolute atomic E-state index is 12.0. The number of hydrogen-bond donors (Lipinski definition) is 0. The molecule has 0 unspecified atom stereocenters. The third kappa shape index (κ3) is 4.63. The van der Waals surface area contributed by atoms with Crippen molar-refractivity contribution >= 4 is 17.6 Å². The van der Waals surface area contributed by atoms with Crippen LogP contribution in [0.15, 0.2) is 35.9 Å². The van der Waals surface area contributed by atoms with Crippen LogP contribution >= 0.6 is 0 Å². The lowest BCUT2D eigenvalue weighted by molar-refractivity contribution is -0.120. The predicted octanol–water partition coefficient (Wildman–Crippen LogP) is 2.18. The first-order valence-electron chi connectivity index (χ1n) is 5.96. The molecule has 0 aliphatic carbocycles. The number of nitrogens with zero attached hydrogens (tertiary/aromatic N) is 1. The van der Waals surface area contributed by atoms with Crippen molar-refractivity contribution in [1.82, 2.24) is 4.90 Å². The van der Waals surface area contributed by atoms with Crippen molar-refractivity contribution in [2.45, 2.75) is 13.3 Å². The summed E-state index contributed by atoms with van der Waals surface area (Å²) < 4.78 is 0. The van der Waals surface area contributed by atoms with Crippen LogP contribution in [0.4, 0.5) is 0 Å². The number of carbonyl (C=O) groups is 2. The van der Waals surface area contributed by atoms with E-state index in [-0.39, 0.29) is 17.1 Å². The fraction of sp³-hybridized carbons (Fsp3) is 0.333. The topological polar surface area (TPSA) is 37.4 Å². The van der Waals surface area contributed by atoms with Gasteiger partial charge >= 0.3 is 0 Å². The van der Waals surface area contributed by atoms with Crippen LogP contribution in [-0.4, -0.2) is 37.1 Å². The molecule has 1 rings (SSSR count). The predicted molar refractivity (Wildman–Crippen MR) is 73.3 cm³/mol. The van der Waals surface area contributed by atoms with Crippen LogP contribution in [0.5, 0.6) is 0 Å². The van der Waals surface area contributed by atoms with Crippen LogP contribution < -0.4 is 0 Å². The molecule has 0 atom stereocenters. The molecule has 0 aromatic heterocycles. The van der Waals surface area contributed by atoms with Gasteiger partial charge < -0.3 is 4.90 Å². The molecule has 0 heterocycles. The molecule has 3 heteroatoms. The van der Waals surface area contributed by atoms with E-state index in [0.717, 1.165) is 5.56 Å². The molecule has 0 N–H and O–H groups in total. The Kier molecular flexibility index (Phi) is 5.46. The van der Waals surface area contributed by atoms with Crippen molar-refractivity contribution in [3.8, 4) is 0 Å². The van der Waals surface area contributed by atoms with Gasteiger partial charge in [0, 0.05) is 13.0 Å². The number of benzene rings is 1. The summed E-state index contributed by atoms with van der Waals surface area (Å²) in [6.45, 7) is 2.08. The fourth-order valence-corrected chi connectivity index (χ4v) is 1.55. The van der Waals surface area contributed by atoms with Gasteiger partial charge in [-0.3, -0.25) is 9.59 Å². The molecule has 3 nitrogen and oxygen atoms in total. The van der Waals surface area contributed by atoms with Gasteiger partial charge in [0.1, 0.15) is 0 Å². The third-order valence-corrected chi connectivity index (χ3v) is 2.58. The number of Topliss-reactive ketones (excluding diaryl/α,β-unsaturated/α-hetero) is 2. The quantitative estimate of drug-likeness (QED) is 0.438. The molecule has 0 aliphatic heterocycles. The molecular formula is C15H19NO2. The minimum atomic E-state index is -0.178. The largest absolute Gasteiger partial charge is 0.309 e. The zero-order chi connectivity index (χ0) is 13.5. The summed E-state index contributed by atoms with van der Waals surface area (Å²) in [5, 5.41) is 0. The maximum Gasteiger partial charge on any atom is 0.167 e. The van der Waals surface area contributed by atoms with E-state index in [1.54, 1.807) is 6.08 Å². The Morgan fingerprint density at radius 1 is 1.17 bits per heavy atom. The van der Waals surface area contributed by atoms with Gasteiger partial charge in [0.25, 0.3) is 0 Å². The highest BCUT2D eigenvalue weighted by Gasteiger charge is 2.14. The minimum absolute atomic E-state index is 0.0972. The monoisotopic (exact) mass is 245 g/mol. The molecule has 18 heavy (non-hydrogen) atoms. The first-order chi connectivity index (χ1) is 8.50. The Bertz CT molecular complexity index is 447. The first kappa shape index (κ1) is 14.3. The molecule has 1 aromatic rings. The van der Waals surface area contributed by atoms with Crippen molar-refractivity contribution in [3.05, 3.63) is 41.5 Å². The van der Waals surface area contributed by atoms with Crippen LogP contribution in [-0.2, 0) is 9.59 Å². The Balaban J connectivity index is 2.86. The molecule has 0 aliphatic rings. The summed E-state index contributed by atoms with van der Waals surface area (Å²) in [7, 11) is 3.81. The fourth-order valence-electron chi connectivity index (χ4n) is 1.55. The second-order valence-electron chi connectivity index (χ2n) is 4.50. The van der Waals surface area contributed by atoms with Gasteiger partial charge in [-0.15, -0.1) is 0 Å². The summed E-state index contributed by atoms with van der Waals surface area (Å²) in [6, 6.07) is 9.42. The molecule has 0 spiro atoms. The van der Waals surface area contributed by atoms with E-state index in [4.69, 9.17) is 0 Å². The van der Waals surface area contributed by atoms with Crippen LogP contribution in [0, 0.1) is 0 Å². The second-order valence-corrected chi connectivity index (χ2v) is 4.50. The van der Waals surface area contributed by atoms with Crippen LogP contribution in [0.1, 0.15) is 18.9 Å². The van der Waals surface area contributed by atoms with Crippen molar-refractivity contribution in [2.75, 3.05) is 20.6 Å². The highest BCUT2D eigenvalue weighted by atomic mass is 16.1. The molecule has 0 saturated carbocycles. The summed E-state index contributed by atoms with van der Waals surface area (Å²) in [4.78, 5) is 25.4. The average molecular weight is 245 g/mol. The van der Waals surface area contributed by atoms with E-state index in [1.165, 1.54) is 6.92 Å². The highest BCUT2D eigenvalue weighted by molar-refractivity contribution is 6.22. The standard InChI is InChI=1S/C15H19NO2/c1-12(17)14(15(18)9-10-16(2)3)11-13-7-5-4-6-8-13/h4-8,11H,9-10H2,1-3H3. The Labute approximate surface area is 108 Å². The first-order valence-corrected chi connectivity index (χ1v) is 5.96. The summed E-state index contributed by atoms with van der Waals surface area (Å²) in [5.74, 6) is -0.275. The average Bonchev–Trinajstić information content (AvgIpc) is 2.34. The SMILES string of the molecule is CC(=O)C(=Cc1ccccc1)C(=O)CCN(C)C. The van der Waals surface area contributed by atoms with Gasteiger partial charge in [-0.1, -0.05) is 30.3 Å². The highest BCUT2D eigenvalue weighted by Crippen LogP contribution is 2.10. The molecule has 1 aromatic carbocycles. The summed E-state index contributed by atoms with van der Waals surface area (Å²) in [5.41, 5.74) is 1.16. The van der Waals surface area contributed by atoms with Crippen molar-refractivity contribution in [1.29, 1.82) is 0 Å². The normalized spacial score (nSPS) is 11.7. The molecule has 0 radical (unpaired) electrons. The zero-order valence-electron chi connectivity index (χ0n) is 11.1. The van der Waals surface area contributed by atoms with E-state index in [0.29, 0.717) is 13.0 Å². The van der Waals surface area contributed by atoms with Crippen LogP contribution in [0.2, 0.25) is 0 Å². The Morgan fingerprint density at radius 3 is 2.28 bits per heavy atom. The lowest BCUT2D eigenvalue weighted by Crippen LogP contribution is -2.19. The van der Waals surface area contributed by atoms with Gasteiger partial charge in [-0.25, -0.2) is 0 Å². The molecule has 0 bridgehead atoms. The Morgan fingerprint density at radius 2 is 1.78 bits per heavy atom. The molecule has 0 fully saturated rings. The van der Waals surface area contributed by atoms with E-state index in [2.05, 4.69) is 0 Å². The summed E-state index contributed by atoms with van der Waals surface area (Å²) >= 11 is 0. The second kappa shape index (κ2) is 6.87. The smallest absolute Gasteiger partial charge is 0.167 e. The van der Waals surface area contributed by atoms with Gasteiger partial charge in [0.2, 0.25) is 0 Å². The molecule has 0 saturated heterocycles. The van der Waals surface area contributed by atoms with Gasteiger partial charge in [-0.2, -0.15) is 0 Å². The third-order valence-electron chi connectivity index (χ3n) is 2.58. The number of rotatable bonds is 6. The Hall–Kier alpha value is -1.74. The van der Waals surface area contributed by atoms with Crippen LogP contribution in [0.25, 0.3) is 6.08 Å². The molecule has 0 amide bonds. The summed E-state index contributed by atoms with van der Waals surface area (Å²) in [6.07, 6.45) is 2.03. The minimum Gasteiger partial charge on any atom is -0.309 e. The molecular weight excluding hydrogens is 226 g/mol. The van der Waals surface area contributed by atoms with Gasteiger partial charge in [0.05, 0.1) is 5.57 Å². The van der Waals surface area contributed by atoms with Crippen molar-refractivity contribution < 1.29 is 9.59 Å². The maximum atomic E-state index is 12.0. The van der Waals surface area contributed by atoms with Crippen molar-refractivity contribution in [2.24, 2.45) is 0 Å². The van der Waals surface area contributed by atoms with E-state index < -0.39 is 0 Å². The lowest BCUT2D eigenvalue weighted by Gasteiger charge is -2.09.